The average molecular weight is 255 g/mol. The lowest BCUT2D eigenvalue weighted by Crippen LogP contribution is -2.49. The molecule has 0 aromatic carbocycles. The number of hydrogen-bond acceptors (Lipinski definition) is 2. The fourth-order valence-electron chi connectivity index (χ4n) is 2.52. The lowest BCUT2D eigenvalue weighted by molar-refractivity contribution is -0.145. The van der Waals surface area contributed by atoms with Gasteiger partial charge >= 0.3 is 5.97 Å². The highest BCUT2D eigenvalue weighted by atomic mass is 16.4. The van der Waals surface area contributed by atoms with Gasteiger partial charge in [0.15, 0.2) is 0 Å². The third kappa shape index (κ3) is 4.67. The van der Waals surface area contributed by atoms with Gasteiger partial charge in [-0.2, -0.15) is 0 Å². The lowest BCUT2D eigenvalue weighted by atomic mass is 9.85. The van der Waals surface area contributed by atoms with Crippen molar-refractivity contribution in [2.45, 2.75) is 65.3 Å². The molecule has 1 amide bonds. The van der Waals surface area contributed by atoms with E-state index in [1.54, 1.807) is 0 Å². The van der Waals surface area contributed by atoms with Gasteiger partial charge in [0.05, 0.1) is 0 Å². The Balaban J connectivity index is 2.48. The molecule has 4 heteroatoms. The molecule has 1 saturated carbocycles. The van der Waals surface area contributed by atoms with Crippen molar-refractivity contribution >= 4 is 11.9 Å². The van der Waals surface area contributed by atoms with Gasteiger partial charge < -0.3 is 10.4 Å². The van der Waals surface area contributed by atoms with Crippen LogP contribution in [0.2, 0.25) is 0 Å². The third-order valence-corrected chi connectivity index (χ3v) is 3.62. The van der Waals surface area contributed by atoms with Crippen molar-refractivity contribution in [1.29, 1.82) is 0 Å². The van der Waals surface area contributed by atoms with Crippen LogP contribution in [0.1, 0.15) is 59.3 Å². The first kappa shape index (κ1) is 15.0. The Kier molecular flexibility index (Phi) is 5.17. The highest BCUT2D eigenvalue weighted by molar-refractivity contribution is 5.84. The summed E-state index contributed by atoms with van der Waals surface area (Å²) in [6.45, 7) is 5.48. The zero-order valence-electron chi connectivity index (χ0n) is 11.7. The molecule has 0 unspecified atom stereocenters. The van der Waals surface area contributed by atoms with E-state index in [4.69, 9.17) is 5.11 Å². The first-order valence-electron chi connectivity index (χ1n) is 6.83. The zero-order chi connectivity index (χ0) is 13.8. The van der Waals surface area contributed by atoms with E-state index in [0.29, 0.717) is 12.3 Å². The smallest absolute Gasteiger partial charge is 0.326 e. The number of carbonyl (C=O) groups is 2. The van der Waals surface area contributed by atoms with Crippen molar-refractivity contribution in [1.82, 2.24) is 5.32 Å². The first-order valence-corrected chi connectivity index (χ1v) is 6.83. The molecule has 0 radical (unpaired) electrons. The fourth-order valence-corrected chi connectivity index (χ4v) is 2.52. The molecule has 1 rings (SSSR count). The number of carboxylic acids is 1. The quantitative estimate of drug-likeness (QED) is 0.811. The molecule has 1 aliphatic rings. The maximum absolute atomic E-state index is 11.9. The molecule has 2 N–H and O–H groups in total. The van der Waals surface area contributed by atoms with Crippen molar-refractivity contribution in [2.75, 3.05) is 0 Å². The molecule has 0 saturated heterocycles. The summed E-state index contributed by atoms with van der Waals surface area (Å²) in [6.07, 6.45) is 6.32. The van der Waals surface area contributed by atoms with E-state index in [2.05, 4.69) is 5.32 Å². The minimum atomic E-state index is -0.959. The number of rotatable bonds is 4. The van der Waals surface area contributed by atoms with Crippen LogP contribution in [0.3, 0.4) is 0 Å². The number of amides is 1. The average Bonchev–Trinajstić information content (AvgIpc) is 2.25. The largest absolute Gasteiger partial charge is 0.480 e. The van der Waals surface area contributed by atoms with E-state index in [9.17, 15) is 9.59 Å². The minimum Gasteiger partial charge on any atom is -0.480 e. The van der Waals surface area contributed by atoms with Gasteiger partial charge in [0.25, 0.3) is 0 Å². The molecule has 0 aliphatic heterocycles. The van der Waals surface area contributed by atoms with E-state index in [1.165, 1.54) is 19.3 Å². The molecule has 18 heavy (non-hydrogen) atoms. The Hall–Kier alpha value is -1.06. The Morgan fingerprint density at radius 3 is 2.22 bits per heavy atom. The summed E-state index contributed by atoms with van der Waals surface area (Å²) < 4.78 is 0. The molecule has 1 fully saturated rings. The van der Waals surface area contributed by atoms with E-state index in [1.807, 2.05) is 20.8 Å². The van der Waals surface area contributed by atoms with Crippen molar-refractivity contribution in [3.05, 3.63) is 0 Å². The Morgan fingerprint density at radius 1 is 1.22 bits per heavy atom. The predicted octanol–water partition coefficient (Wildman–Crippen LogP) is 2.57. The third-order valence-electron chi connectivity index (χ3n) is 3.62. The molecule has 0 spiro atoms. The standard InChI is InChI=1S/C14H25NO3/c1-14(2,3)12(13(17)18)15-11(16)9-10-7-5-4-6-8-10/h10,12H,4-9H2,1-3H3,(H,15,16)(H,17,18)/t12-/m1/s1. The van der Waals surface area contributed by atoms with Crippen LogP contribution in [-0.4, -0.2) is 23.0 Å². The van der Waals surface area contributed by atoms with Gasteiger partial charge in [0, 0.05) is 6.42 Å². The zero-order valence-corrected chi connectivity index (χ0v) is 11.7. The molecule has 0 heterocycles. The van der Waals surface area contributed by atoms with E-state index in [0.717, 1.165) is 12.8 Å². The number of hydrogen-bond donors (Lipinski definition) is 2. The fraction of sp³-hybridized carbons (Fsp3) is 0.857. The lowest BCUT2D eigenvalue weighted by Gasteiger charge is -2.29. The number of nitrogens with one attached hydrogen (secondary N) is 1. The summed E-state index contributed by atoms with van der Waals surface area (Å²) in [5.74, 6) is -0.642. The Bertz CT molecular complexity index is 301. The summed E-state index contributed by atoms with van der Waals surface area (Å²) in [7, 11) is 0. The summed E-state index contributed by atoms with van der Waals surface area (Å²) in [6, 6.07) is -0.811. The molecule has 104 valence electrons. The molecular weight excluding hydrogens is 230 g/mol. The number of carboxylic acid groups (broad SMARTS) is 1. The molecule has 0 bridgehead atoms. The van der Waals surface area contributed by atoms with Crippen LogP contribution in [-0.2, 0) is 9.59 Å². The van der Waals surface area contributed by atoms with E-state index < -0.39 is 17.4 Å². The van der Waals surface area contributed by atoms with Gasteiger partial charge in [-0.1, -0.05) is 40.0 Å². The molecular formula is C14H25NO3. The highest BCUT2D eigenvalue weighted by Gasteiger charge is 2.33. The minimum absolute atomic E-state index is 0.121. The predicted molar refractivity (Wildman–Crippen MR) is 70.2 cm³/mol. The van der Waals surface area contributed by atoms with Crippen molar-refractivity contribution in [3.63, 3.8) is 0 Å². The van der Waals surface area contributed by atoms with Crippen LogP contribution >= 0.6 is 0 Å². The summed E-state index contributed by atoms with van der Waals surface area (Å²) in [5, 5.41) is 11.8. The van der Waals surface area contributed by atoms with Gasteiger partial charge in [-0.25, -0.2) is 4.79 Å². The molecule has 0 aromatic rings. The van der Waals surface area contributed by atoms with E-state index >= 15 is 0 Å². The number of aliphatic carboxylic acids is 1. The maximum atomic E-state index is 11.9. The normalized spacial score (nSPS) is 19.3. The second kappa shape index (κ2) is 6.21. The number of carbonyl (C=O) groups excluding carboxylic acids is 1. The van der Waals surface area contributed by atoms with Crippen molar-refractivity contribution in [3.8, 4) is 0 Å². The van der Waals surface area contributed by atoms with Crippen molar-refractivity contribution < 1.29 is 14.7 Å². The molecule has 4 nitrogen and oxygen atoms in total. The topological polar surface area (TPSA) is 66.4 Å². The first-order chi connectivity index (χ1) is 8.30. The highest BCUT2D eigenvalue weighted by Crippen LogP contribution is 2.26. The van der Waals surface area contributed by atoms with Gasteiger partial charge in [-0.15, -0.1) is 0 Å². The van der Waals surface area contributed by atoms with Crippen LogP contribution in [0.25, 0.3) is 0 Å². The summed E-state index contributed by atoms with van der Waals surface area (Å²) >= 11 is 0. The van der Waals surface area contributed by atoms with Crippen LogP contribution in [0.15, 0.2) is 0 Å². The summed E-state index contributed by atoms with van der Waals surface area (Å²) in [5.41, 5.74) is -0.464. The van der Waals surface area contributed by atoms with Crippen LogP contribution in [0, 0.1) is 11.3 Å². The van der Waals surface area contributed by atoms with Crippen LogP contribution in [0.4, 0.5) is 0 Å². The van der Waals surface area contributed by atoms with E-state index in [-0.39, 0.29) is 5.91 Å². The monoisotopic (exact) mass is 255 g/mol. The maximum Gasteiger partial charge on any atom is 0.326 e. The second-order valence-electron chi connectivity index (χ2n) is 6.41. The second-order valence-corrected chi connectivity index (χ2v) is 6.41. The molecule has 1 aliphatic carbocycles. The van der Waals surface area contributed by atoms with Crippen LogP contribution in [0.5, 0.6) is 0 Å². The Labute approximate surface area is 109 Å². The van der Waals surface area contributed by atoms with Crippen LogP contribution < -0.4 is 5.32 Å². The Morgan fingerprint density at radius 2 is 1.78 bits per heavy atom. The van der Waals surface area contributed by atoms with Gasteiger partial charge in [0.2, 0.25) is 5.91 Å². The van der Waals surface area contributed by atoms with Gasteiger partial charge in [-0.05, 0) is 24.2 Å². The van der Waals surface area contributed by atoms with Gasteiger partial charge in [-0.3, -0.25) is 4.79 Å². The summed E-state index contributed by atoms with van der Waals surface area (Å²) in [4.78, 5) is 23.1. The molecule has 1 atom stereocenters. The van der Waals surface area contributed by atoms with Crippen molar-refractivity contribution in [2.24, 2.45) is 11.3 Å². The van der Waals surface area contributed by atoms with Gasteiger partial charge in [0.1, 0.15) is 6.04 Å². The molecule has 0 aromatic heterocycles. The SMILES string of the molecule is CC(C)(C)[C@H](NC(=O)CC1CCCCC1)C(=O)O.